The van der Waals surface area contributed by atoms with Gasteiger partial charge in [0.1, 0.15) is 17.5 Å². The fourth-order valence-corrected chi connectivity index (χ4v) is 7.22. The molecule has 2 aromatic carbocycles. The summed E-state index contributed by atoms with van der Waals surface area (Å²) in [6.45, 7) is 18.4. The van der Waals surface area contributed by atoms with Crippen molar-refractivity contribution >= 4 is 33.4 Å². The van der Waals surface area contributed by atoms with Crippen molar-refractivity contribution in [1.29, 1.82) is 0 Å². The Morgan fingerprint density at radius 2 is 1.89 bits per heavy atom. The minimum atomic E-state index is -3.78. The van der Waals surface area contributed by atoms with Gasteiger partial charge in [0.05, 0.1) is 43.9 Å². The molecule has 2 aromatic rings. The maximum Gasteiger partial charge on any atom is 0.407 e. The predicted octanol–water partition coefficient (Wildman–Crippen LogP) is 4.50. The molecule has 0 radical (unpaired) electrons. The lowest BCUT2D eigenvalue weighted by atomic mass is 10.0. The van der Waals surface area contributed by atoms with E-state index in [-0.39, 0.29) is 30.1 Å². The van der Waals surface area contributed by atoms with Gasteiger partial charge in [-0.3, -0.25) is 4.90 Å². The molecule has 1 saturated heterocycles. The molecule has 0 bridgehead atoms. The number of likely N-dealkylation sites (tertiary alicyclic amines) is 1. The number of aryl methyl sites for hydroxylation is 1. The van der Waals surface area contributed by atoms with Gasteiger partial charge in [-0.2, -0.15) is 0 Å². The second-order valence-electron chi connectivity index (χ2n) is 12.7. The van der Waals surface area contributed by atoms with E-state index in [9.17, 15) is 13.2 Å². The number of carbonyl (C=O) groups is 1. The monoisotopic (exact) mass is 691 g/mol. The number of ether oxygens (including phenoxy) is 4. The molecule has 0 spiro atoms. The van der Waals surface area contributed by atoms with Crippen molar-refractivity contribution < 1.29 is 32.2 Å². The molecule has 1 amide bonds. The molecule has 47 heavy (non-hydrogen) atoms. The first-order valence-electron chi connectivity index (χ1n) is 15.9. The van der Waals surface area contributed by atoms with Crippen molar-refractivity contribution in [2.75, 3.05) is 52.6 Å². The summed E-state index contributed by atoms with van der Waals surface area (Å²) in [6.07, 6.45) is 1.33. The van der Waals surface area contributed by atoms with E-state index < -0.39 is 27.8 Å². The van der Waals surface area contributed by atoms with Crippen LogP contribution in [-0.4, -0.2) is 89.7 Å². The van der Waals surface area contributed by atoms with Crippen LogP contribution >= 0.6 is 11.6 Å². The Morgan fingerprint density at radius 1 is 1.15 bits per heavy atom. The zero-order chi connectivity index (χ0) is 34.2. The number of sulfonamides is 1. The number of hydrogen-bond acceptors (Lipinski definition) is 9. The second-order valence-corrected chi connectivity index (χ2v) is 14.9. The van der Waals surface area contributed by atoms with Gasteiger partial charge in [-0.15, -0.1) is 0 Å². The number of nitrogens with two attached hydrogens (primary N) is 1. The molecule has 0 aromatic heterocycles. The normalized spacial score (nSPS) is 20.0. The van der Waals surface area contributed by atoms with E-state index in [1.54, 1.807) is 25.1 Å². The van der Waals surface area contributed by atoms with E-state index in [4.69, 9.17) is 42.9 Å². The van der Waals surface area contributed by atoms with Crippen LogP contribution in [0.5, 0.6) is 5.75 Å². The highest BCUT2D eigenvalue weighted by Crippen LogP contribution is 2.45. The number of halogens is 1. The van der Waals surface area contributed by atoms with Gasteiger partial charge in [0.25, 0.3) is 0 Å². The molecule has 1 aliphatic carbocycles. The molecule has 4 rings (SSSR count). The predicted molar refractivity (Wildman–Crippen MR) is 180 cm³/mol. The minimum absolute atomic E-state index is 0.111. The van der Waals surface area contributed by atoms with Gasteiger partial charge in [-0.1, -0.05) is 11.6 Å². The van der Waals surface area contributed by atoms with Gasteiger partial charge in [-0.05, 0) is 101 Å². The SMILES string of the molecule is [C-]#[N+]c1cc(Cl)cc2c1C[C@H](N1CCC[C@@H](NC(=O)OC(C)(C)C)C1)[C@H]2Oc1ccc(S(=O)(=O)NCCOCCOCCN)cc1C. The van der Waals surface area contributed by atoms with Crippen LogP contribution in [0, 0.1) is 13.5 Å². The van der Waals surface area contributed by atoms with Crippen LogP contribution in [0.4, 0.5) is 10.5 Å². The molecule has 1 aliphatic heterocycles. The number of nitrogens with one attached hydrogen (secondary N) is 2. The lowest BCUT2D eigenvalue weighted by Crippen LogP contribution is -2.53. The number of alkyl carbamates (subject to hydrolysis) is 1. The van der Waals surface area contributed by atoms with Gasteiger partial charge in [0.15, 0.2) is 5.69 Å². The average molecular weight is 692 g/mol. The Hall–Kier alpha value is -2.96. The highest BCUT2D eigenvalue weighted by molar-refractivity contribution is 7.89. The summed E-state index contributed by atoms with van der Waals surface area (Å²) in [7, 11) is -3.78. The second kappa shape index (κ2) is 16.4. The Balaban J connectivity index is 1.49. The standard InChI is InChI=1S/C33H46ClN5O7S/c1-22-17-25(47(41,42)37-11-14-44-16-15-43-13-10-35)8-9-30(22)45-31-27-18-23(34)19-28(36-5)26(27)20-29(31)39-12-6-7-24(21-39)38-32(40)46-33(2,3)4/h8-9,17-19,24,29,31,37H,6-7,10-16,20-21,35H2,1-4H3,(H,38,40)/t24-,29+,31+/m1/s1. The first-order valence-corrected chi connectivity index (χ1v) is 17.7. The summed E-state index contributed by atoms with van der Waals surface area (Å²) >= 11 is 6.47. The van der Waals surface area contributed by atoms with Crippen LogP contribution in [0.1, 0.15) is 56.4 Å². The molecule has 14 heteroatoms. The zero-order valence-corrected chi connectivity index (χ0v) is 29.1. The molecule has 0 unspecified atom stereocenters. The lowest BCUT2D eigenvalue weighted by molar-refractivity contribution is 0.0360. The summed E-state index contributed by atoms with van der Waals surface area (Å²) in [5.74, 6) is 0.525. The van der Waals surface area contributed by atoms with Crippen LogP contribution < -0.4 is 20.5 Å². The summed E-state index contributed by atoms with van der Waals surface area (Å²) in [4.78, 5) is 18.7. The number of amides is 1. The van der Waals surface area contributed by atoms with E-state index in [1.807, 2.05) is 26.8 Å². The van der Waals surface area contributed by atoms with E-state index in [2.05, 4.69) is 19.8 Å². The Labute approximate surface area is 283 Å². The highest BCUT2D eigenvalue weighted by Gasteiger charge is 2.41. The Bertz CT molecular complexity index is 1540. The fourth-order valence-electron chi connectivity index (χ4n) is 5.90. The maximum absolute atomic E-state index is 13.0. The van der Waals surface area contributed by atoms with Crippen molar-refractivity contribution in [3.63, 3.8) is 0 Å². The number of fused-ring (bicyclic) bond motifs is 1. The number of nitrogens with zero attached hydrogens (tertiary/aromatic N) is 2. The largest absolute Gasteiger partial charge is 0.484 e. The van der Waals surface area contributed by atoms with Gasteiger partial charge < -0.3 is 30.0 Å². The number of rotatable bonds is 14. The van der Waals surface area contributed by atoms with Crippen molar-refractivity contribution in [3.8, 4) is 5.75 Å². The van der Waals surface area contributed by atoms with Gasteiger partial charge >= 0.3 is 6.09 Å². The lowest BCUT2D eigenvalue weighted by Gasteiger charge is -2.39. The van der Waals surface area contributed by atoms with E-state index >= 15 is 0 Å². The third-order valence-electron chi connectivity index (χ3n) is 7.94. The van der Waals surface area contributed by atoms with Crippen molar-refractivity contribution in [3.05, 3.63) is 63.5 Å². The number of benzene rings is 2. The van der Waals surface area contributed by atoms with Crippen LogP contribution in [-0.2, 0) is 30.7 Å². The molecule has 1 fully saturated rings. The Morgan fingerprint density at radius 3 is 2.57 bits per heavy atom. The zero-order valence-electron chi connectivity index (χ0n) is 27.5. The summed E-state index contributed by atoms with van der Waals surface area (Å²) in [5.41, 5.74) is 7.63. The average Bonchev–Trinajstić information content (AvgIpc) is 3.36. The number of carbonyl (C=O) groups excluding carboxylic acids is 1. The van der Waals surface area contributed by atoms with Gasteiger partial charge in [0, 0.05) is 30.7 Å². The molecule has 12 nitrogen and oxygen atoms in total. The summed E-state index contributed by atoms with van der Waals surface area (Å²) in [6, 6.07) is 8.02. The first-order chi connectivity index (χ1) is 22.3. The van der Waals surface area contributed by atoms with Crippen LogP contribution in [0.2, 0.25) is 5.02 Å². The Kier molecular flexibility index (Phi) is 12.9. The van der Waals surface area contributed by atoms with Gasteiger partial charge in [-0.25, -0.2) is 22.8 Å². The van der Waals surface area contributed by atoms with Crippen LogP contribution in [0.15, 0.2) is 35.2 Å². The molecule has 0 saturated carbocycles. The van der Waals surface area contributed by atoms with Gasteiger partial charge in [0.2, 0.25) is 10.0 Å². The smallest absolute Gasteiger partial charge is 0.407 e. The molecule has 2 aliphatic rings. The molecule has 1 heterocycles. The molecular weight excluding hydrogens is 646 g/mol. The van der Waals surface area contributed by atoms with Crippen molar-refractivity contribution in [2.45, 2.75) is 75.6 Å². The van der Waals surface area contributed by atoms with Crippen LogP contribution in [0.25, 0.3) is 4.85 Å². The molecular formula is C33H46ClN5O7S. The third-order valence-corrected chi connectivity index (χ3v) is 9.62. The highest BCUT2D eigenvalue weighted by atomic mass is 35.5. The summed E-state index contributed by atoms with van der Waals surface area (Å²) in [5, 5.41) is 3.46. The van der Waals surface area contributed by atoms with Crippen molar-refractivity contribution in [1.82, 2.24) is 14.9 Å². The van der Waals surface area contributed by atoms with Crippen LogP contribution in [0.3, 0.4) is 0 Å². The maximum atomic E-state index is 13.0. The number of hydrogen-bond donors (Lipinski definition) is 3. The first kappa shape index (κ1) is 36.9. The van der Waals surface area contributed by atoms with E-state index in [0.29, 0.717) is 61.4 Å². The summed E-state index contributed by atoms with van der Waals surface area (Å²) < 4.78 is 51.4. The molecule has 258 valence electrons. The molecule has 4 N–H and O–H groups in total. The van der Waals surface area contributed by atoms with E-state index in [1.165, 1.54) is 6.07 Å². The topological polar surface area (TPSA) is 146 Å². The van der Waals surface area contributed by atoms with E-state index in [0.717, 1.165) is 30.5 Å². The minimum Gasteiger partial charge on any atom is -0.484 e. The fraction of sp³-hybridized carbons (Fsp3) is 0.576. The number of piperidine rings is 1. The molecule has 3 atom stereocenters. The quantitative estimate of drug-likeness (QED) is 0.193. The third kappa shape index (κ3) is 10.3. The van der Waals surface area contributed by atoms with Crippen molar-refractivity contribution in [2.24, 2.45) is 5.73 Å².